The van der Waals surface area contributed by atoms with E-state index in [4.69, 9.17) is 0 Å². The van der Waals surface area contributed by atoms with Crippen LogP contribution in [0.25, 0.3) is 0 Å². The minimum atomic E-state index is -5.28. The maximum atomic E-state index is 14.7. The predicted molar refractivity (Wildman–Crippen MR) is 119 cm³/mol. The van der Waals surface area contributed by atoms with E-state index in [1.54, 1.807) is 0 Å². The average molecular weight is 533 g/mol. The van der Waals surface area contributed by atoms with Crippen LogP contribution in [0.3, 0.4) is 0 Å². The lowest BCUT2D eigenvalue weighted by Gasteiger charge is -2.39. The largest absolute Gasteiger partial charge is 0.430 e. The average Bonchev–Trinajstić information content (AvgIpc) is 2.81. The van der Waals surface area contributed by atoms with Crippen molar-refractivity contribution < 1.29 is 44.6 Å². The van der Waals surface area contributed by atoms with Gasteiger partial charge in [0.1, 0.15) is 0 Å². The highest BCUT2D eigenvalue weighted by molar-refractivity contribution is 5.32. The molecule has 0 spiro atoms. The molecule has 208 valence electrons. The fraction of sp³-hybridized carbons (Fsp3) is 0.846. The topological polar surface area (TPSA) is 18.5 Å². The first-order valence-electron chi connectivity index (χ1n) is 13.1. The van der Waals surface area contributed by atoms with Crippen LogP contribution in [0.5, 0.6) is 0 Å². The van der Waals surface area contributed by atoms with Gasteiger partial charge in [0.15, 0.2) is 11.5 Å². The highest BCUT2D eigenvalue weighted by Crippen LogP contribution is 2.53. The molecule has 0 unspecified atom stereocenters. The van der Waals surface area contributed by atoms with Crippen LogP contribution in [0.1, 0.15) is 90.9 Å². The Morgan fingerprint density at radius 1 is 0.639 bits per heavy atom. The molecule has 2 saturated carbocycles. The minimum Gasteiger partial charge on any atom is -0.430 e. The molecular weight excluding hydrogens is 496 g/mol. The van der Waals surface area contributed by atoms with Gasteiger partial charge in [0.2, 0.25) is 0 Å². The van der Waals surface area contributed by atoms with E-state index in [1.807, 2.05) is 13.8 Å². The van der Waals surface area contributed by atoms with Crippen LogP contribution in [0, 0.1) is 23.7 Å². The molecule has 0 N–H and O–H groups in total. The lowest BCUT2D eigenvalue weighted by molar-refractivity contribution is -0.309. The SMILES string of the molecule is CCCC1CCC(C(F)(F)OC2=CC=C(OC(F)(F)C3CCC(CCC)CC3)C(F)(F)C2(F)F)CC1. The number of ether oxygens (including phenoxy) is 2. The van der Waals surface area contributed by atoms with Crippen molar-refractivity contribution in [2.24, 2.45) is 23.7 Å². The number of halogens is 8. The number of alkyl halides is 8. The minimum absolute atomic E-state index is 0.0177. The first-order chi connectivity index (χ1) is 16.7. The van der Waals surface area contributed by atoms with Gasteiger partial charge in [-0.2, -0.15) is 35.1 Å². The van der Waals surface area contributed by atoms with Gasteiger partial charge in [-0.25, -0.2) is 0 Å². The van der Waals surface area contributed by atoms with Gasteiger partial charge in [-0.15, -0.1) is 0 Å². The molecule has 0 atom stereocenters. The van der Waals surface area contributed by atoms with Gasteiger partial charge in [0.25, 0.3) is 0 Å². The summed E-state index contributed by atoms with van der Waals surface area (Å²) in [6, 6.07) is 0. The monoisotopic (exact) mass is 532 g/mol. The van der Waals surface area contributed by atoms with E-state index < -0.39 is 47.4 Å². The second-order valence-corrected chi connectivity index (χ2v) is 10.6. The van der Waals surface area contributed by atoms with E-state index in [9.17, 15) is 35.1 Å². The Bertz CT molecular complexity index is 726. The summed E-state index contributed by atoms with van der Waals surface area (Å²) in [4.78, 5) is 0. The number of hydrogen-bond acceptors (Lipinski definition) is 2. The van der Waals surface area contributed by atoms with Gasteiger partial charge in [0, 0.05) is 0 Å². The van der Waals surface area contributed by atoms with Gasteiger partial charge < -0.3 is 9.47 Å². The lowest BCUT2D eigenvalue weighted by Crippen LogP contribution is -2.50. The predicted octanol–water partition coefficient (Wildman–Crippen LogP) is 9.47. The smallest absolute Gasteiger partial charge is 0.400 e. The Balaban J connectivity index is 1.71. The molecule has 3 aliphatic rings. The second kappa shape index (κ2) is 11.1. The quantitative estimate of drug-likeness (QED) is 0.261. The van der Waals surface area contributed by atoms with Crippen molar-refractivity contribution >= 4 is 0 Å². The van der Waals surface area contributed by atoms with Crippen LogP contribution in [-0.2, 0) is 9.47 Å². The summed E-state index contributed by atoms with van der Waals surface area (Å²) in [6.45, 7) is 3.95. The highest BCUT2D eigenvalue weighted by atomic mass is 19.3. The van der Waals surface area contributed by atoms with Crippen LogP contribution >= 0.6 is 0 Å². The van der Waals surface area contributed by atoms with E-state index >= 15 is 0 Å². The fourth-order valence-corrected chi connectivity index (χ4v) is 5.72. The molecule has 2 nitrogen and oxygen atoms in total. The molecule has 0 amide bonds. The lowest BCUT2D eigenvalue weighted by atomic mass is 9.79. The zero-order valence-electron chi connectivity index (χ0n) is 20.8. The summed E-state index contributed by atoms with van der Waals surface area (Å²) < 4.78 is 126. The fourth-order valence-electron chi connectivity index (χ4n) is 5.72. The van der Waals surface area contributed by atoms with Gasteiger partial charge in [-0.05, 0) is 75.4 Å². The zero-order chi connectivity index (χ0) is 26.8. The van der Waals surface area contributed by atoms with Crippen LogP contribution in [-0.4, -0.2) is 24.1 Å². The molecule has 3 rings (SSSR count). The summed E-state index contributed by atoms with van der Waals surface area (Å²) >= 11 is 0. The van der Waals surface area contributed by atoms with Crippen molar-refractivity contribution in [1.29, 1.82) is 0 Å². The van der Waals surface area contributed by atoms with E-state index in [1.165, 1.54) is 0 Å². The third kappa shape index (κ3) is 6.14. The Labute approximate surface area is 207 Å². The molecule has 0 bridgehead atoms. The first kappa shape index (κ1) is 29.1. The maximum absolute atomic E-state index is 14.7. The second-order valence-electron chi connectivity index (χ2n) is 10.6. The molecular formula is C26H36F8O2. The number of hydrogen-bond donors (Lipinski definition) is 0. The molecule has 0 aromatic heterocycles. The first-order valence-corrected chi connectivity index (χ1v) is 13.1. The zero-order valence-corrected chi connectivity index (χ0v) is 20.8. The molecule has 3 aliphatic carbocycles. The van der Waals surface area contributed by atoms with Gasteiger partial charge in [-0.1, -0.05) is 39.5 Å². The van der Waals surface area contributed by atoms with Gasteiger partial charge >= 0.3 is 24.1 Å². The molecule has 0 aromatic carbocycles. The van der Waals surface area contributed by atoms with Crippen molar-refractivity contribution in [3.05, 3.63) is 23.7 Å². The van der Waals surface area contributed by atoms with Crippen LogP contribution in [0.2, 0.25) is 0 Å². The highest BCUT2D eigenvalue weighted by Gasteiger charge is 2.68. The molecule has 2 fully saturated rings. The third-order valence-electron chi connectivity index (χ3n) is 7.93. The molecule has 0 heterocycles. The molecule has 0 aliphatic heterocycles. The van der Waals surface area contributed by atoms with Crippen LogP contribution < -0.4 is 0 Å². The summed E-state index contributed by atoms with van der Waals surface area (Å²) in [5.41, 5.74) is 0. The molecule has 0 saturated heterocycles. The van der Waals surface area contributed by atoms with E-state index in [0.29, 0.717) is 25.7 Å². The maximum Gasteiger partial charge on any atom is 0.400 e. The molecule has 0 radical (unpaired) electrons. The Morgan fingerprint density at radius 2 is 0.944 bits per heavy atom. The third-order valence-corrected chi connectivity index (χ3v) is 7.93. The normalized spacial score (nSPS) is 30.8. The van der Waals surface area contributed by atoms with Crippen molar-refractivity contribution in [2.45, 2.75) is 115 Å². The van der Waals surface area contributed by atoms with Gasteiger partial charge in [0.05, 0.1) is 11.8 Å². The van der Waals surface area contributed by atoms with Crippen molar-refractivity contribution in [3.8, 4) is 0 Å². The van der Waals surface area contributed by atoms with Crippen LogP contribution in [0.4, 0.5) is 35.1 Å². The van der Waals surface area contributed by atoms with Crippen molar-refractivity contribution in [2.75, 3.05) is 0 Å². The van der Waals surface area contributed by atoms with Crippen LogP contribution in [0.15, 0.2) is 23.7 Å². The molecule has 10 heteroatoms. The Morgan fingerprint density at radius 3 is 1.22 bits per heavy atom. The number of rotatable bonds is 10. The number of allylic oxidation sites excluding steroid dienone is 4. The van der Waals surface area contributed by atoms with Crippen molar-refractivity contribution in [1.82, 2.24) is 0 Å². The summed E-state index contributed by atoms with van der Waals surface area (Å²) in [5.74, 6) is -16.8. The standard InChI is InChI=1S/C26H36F8O2/c1-3-5-17-7-11-19(12-8-17)25(31,32)35-21-15-16-22(24(29,30)23(21,27)28)36-26(33,34)20-13-9-18(6-4-2)10-14-20/h15-20H,3-14H2,1-2H3. The summed E-state index contributed by atoms with van der Waals surface area (Å²) in [5, 5.41) is 0. The van der Waals surface area contributed by atoms with E-state index in [-0.39, 0.29) is 49.7 Å². The van der Waals surface area contributed by atoms with E-state index in [0.717, 1.165) is 25.7 Å². The Kier molecular flexibility index (Phi) is 8.96. The van der Waals surface area contributed by atoms with E-state index in [2.05, 4.69) is 9.47 Å². The van der Waals surface area contributed by atoms with Gasteiger partial charge in [-0.3, -0.25) is 0 Å². The van der Waals surface area contributed by atoms with Crippen molar-refractivity contribution in [3.63, 3.8) is 0 Å². The summed E-state index contributed by atoms with van der Waals surface area (Å²) in [6.07, 6.45) is -2.35. The molecule has 0 aromatic rings. The molecule has 36 heavy (non-hydrogen) atoms. The Hall–Kier alpha value is -1.48. The summed E-state index contributed by atoms with van der Waals surface area (Å²) in [7, 11) is 0.